The SMILES string of the molecule is Cc1nc(S[C@@H]2OC[C@@H](O)[C@H](O)[C@H]2O)c(C#N)c(-c2ccc(Cl)cc2)c1C(=O)Nc1ccc(Cl)cc1. The number of aryl methyl sites for hydroxylation is 1. The molecule has 3 aromatic rings. The summed E-state index contributed by atoms with van der Waals surface area (Å²) in [7, 11) is 0. The number of hydrogen-bond acceptors (Lipinski definition) is 8. The number of thioether (sulfide) groups is 1. The number of halogens is 2. The Balaban J connectivity index is 1.81. The molecule has 2 aromatic carbocycles. The molecule has 4 atom stereocenters. The van der Waals surface area contributed by atoms with E-state index in [0.29, 0.717) is 32.6 Å². The summed E-state index contributed by atoms with van der Waals surface area (Å²) in [5.74, 6) is -0.479. The van der Waals surface area contributed by atoms with Gasteiger partial charge in [-0.1, -0.05) is 47.1 Å². The Morgan fingerprint density at radius 3 is 2.31 bits per heavy atom. The van der Waals surface area contributed by atoms with Crippen LogP contribution in [-0.4, -0.2) is 56.6 Å². The van der Waals surface area contributed by atoms with Crippen molar-refractivity contribution >= 4 is 46.6 Å². The van der Waals surface area contributed by atoms with Crippen molar-refractivity contribution in [1.82, 2.24) is 4.98 Å². The molecule has 8 nitrogen and oxygen atoms in total. The molecule has 0 unspecified atom stereocenters. The zero-order chi connectivity index (χ0) is 26.0. The number of aromatic nitrogens is 1. The second-order valence-electron chi connectivity index (χ2n) is 8.08. The van der Waals surface area contributed by atoms with E-state index in [1.165, 1.54) is 0 Å². The largest absolute Gasteiger partial charge is 0.388 e. The third kappa shape index (κ3) is 5.51. The number of nitrogens with one attached hydrogen (secondary N) is 1. The summed E-state index contributed by atoms with van der Waals surface area (Å²) in [5, 5.41) is 44.4. The maximum Gasteiger partial charge on any atom is 0.258 e. The van der Waals surface area contributed by atoms with Gasteiger partial charge in [0.1, 0.15) is 34.8 Å². The number of nitriles is 1. The number of nitrogens with zero attached hydrogens (tertiary/aromatic N) is 2. The van der Waals surface area contributed by atoms with Gasteiger partial charge < -0.3 is 25.4 Å². The van der Waals surface area contributed by atoms with Gasteiger partial charge in [-0.3, -0.25) is 4.79 Å². The summed E-state index contributed by atoms with van der Waals surface area (Å²) < 4.78 is 5.49. The van der Waals surface area contributed by atoms with E-state index < -0.39 is 29.7 Å². The first-order valence-electron chi connectivity index (χ1n) is 10.8. The standard InChI is InChI=1S/C25H21Cl2N3O5S/c1-12-19(23(34)30-16-8-6-15(27)7-9-16)20(13-2-4-14(26)5-3-13)17(10-28)24(29-12)36-25-22(33)21(32)18(31)11-35-25/h2-9,18,21-22,25,31-33H,11H2,1H3,(H,30,34)/t18-,21+,22-,25+/m1/s1. The Kier molecular flexibility index (Phi) is 8.17. The van der Waals surface area contributed by atoms with E-state index in [4.69, 9.17) is 27.9 Å². The zero-order valence-electron chi connectivity index (χ0n) is 18.9. The summed E-state index contributed by atoms with van der Waals surface area (Å²) in [6.45, 7) is 1.44. The molecule has 0 aliphatic carbocycles. The lowest BCUT2D eigenvalue weighted by atomic mass is 9.94. The number of aliphatic hydroxyl groups is 3. The molecule has 1 aliphatic rings. The Bertz CT molecular complexity index is 1320. The monoisotopic (exact) mass is 545 g/mol. The third-order valence-corrected chi connectivity index (χ3v) is 7.27. The molecule has 11 heteroatoms. The van der Waals surface area contributed by atoms with Crippen LogP contribution in [0.1, 0.15) is 21.6 Å². The number of amides is 1. The van der Waals surface area contributed by atoms with Gasteiger partial charge in [-0.2, -0.15) is 5.26 Å². The average Bonchev–Trinajstić information content (AvgIpc) is 2.86. The number of carbonyl (C=O) groups excluding carboxylic acids is 1. The van der Waals surface area contributed by atoms with E-state index in [1.807, 2.05) is 0 Å². The molecule has 1 aromatic heterocycles. The van der Waals surface area contributed by atoms with E-state index >= 15 is 0 Å². The fourth-order valence-corrected chi connectivity index (χ4v) is 5.14. The molecule has 1 saturated heterocycles. The number of ether oxygens (including phenoxy) is 1. The molecule has 1 aliphatic heterocycles. The molecule has 4 N–H and O–H groups in total. The van der Waals surface area contributed by atoms with Crippen molar-refractivity contribution < 1.29 is 24.9 Å². The number of benzene rings is 2. The predicted octanol–water partition coefficient (Wildman–Crippen LogP) is 4.02. The van der Waals surface area contributed by atoms with Crippen molar-refractivity contribution in [3.05, 3.63) is 75.4 Å². The van der Waals surface area contributed by atoms with Crippen LogP contribution in [-0.2, 0) is 4.74 Å². The maximum absolute atomic E-state index is 13.4. The number of rotatable bonds is 5. The van der Waals surface area contributed by atoms with Crippen LogP contribution in [0, 0.1) is 18.3 Å². The van der Waals surface area contributed by atoms with Crippen molar-refractivity contribution in [2.24, 2.45) is 0 Å². The molecule has 1 fully saturated rings. The molecule has 36 heavy (non-hydrogen) atoms. The van der Waals surface area contributed by atoms with Gasteiger partial charge in [0, 0.05) is 21.3 Å². The fourth-order valence-electron chi connectivity index (χ4n) is 3.77. The highest BCUT2D eigenvalue weighted by atomic mass is 35.5. The summed E-state index contributed by atoms with van der Waals surface area (Å²) in [4.78, 5) is 17.9. The van der Waals surface area contributed by atoms with Crippen molar-refractivity contribution in [1.29, 1.82) is 5.26 Å². The van der Waals surface area contributed by atoms with Crippen molar-refractivity contribution in [2.75, 3.05) is 11.9 Å². The van der Waals surface area contributed by atoms with Gasteiger partial charge in [-0.05, 0) is 48.9 Å². The lowest BCUT2D eigenvalue weighted by Gasteiger charge is -2.34. The number of anilines is 1. The number of pyridine rings is 1. The van der Waals surface area contributed by atoms with Gasteiger partial charge in [0.2, 0.25) is 0 Å². The van der Waals surface area contributed by atoms with Crippen molar-refractivity contribution in [3.63, 3.8) is 0 Å². The Hall–Kier alpha value is -2.68. The van der Waals surface area contributed by atoms with Gasteiger partial charge in [0.15, 0.2) is 0 Å². The van der Waals surface area contributed by atoms with Crippen LogP contribution >= 0.6 is 35.0 Å². The highest BCUT2D eigenvalue weighted by Gasteiger charge is 2.39. The average molecular weight is 546 g/mol. The molecule has 0 spiro atoms. The quantitative estimate of drug-likeness (QED) is 0.377. The number of hydrogen-bond donors (Lipinski definition) is 4. The van der Waals surface area contributed by atoms with Gasteiger partial charge in [-0.15, -0.1) is 0 Å². The first-order chi connectivity index (χ1) is 17.2. The summed E-state index contributed by atoms with van der Waals surface area (Å²) >= 11 is 12.9. The van der Waals surface area contributed by atoms with Crippen LogP contribution in [0.3, 0.4) is 0 Å². The summed E-state index contributed by atoms with van der Waals surface area (Å²) in [5.41, 5.74) is 1.02. The van der Waals surface area contributed by atoms with E-state index in [9.17, 15) is 25.4 Å². The summed E-state index contributed by atoms with van der Waals surface area (Å²) in [6.07, 6.45) is -4.06. The van der Waals surface area contributed by atoms with Crippen LogP contribution < -0.4 is 5.32 Å². The molecule has 0 bridgehead atoms. The topological polar surface area (TPSA) is 136 Å². The molecule has 1 amide bonds. The molecular formula is C25H21Cl2N3O5S. The third-order valence-electron chi connectivity index (χ3n) is 5.60. The van der Waals surface area contributed by atoms with Crippen LogP contribution in [0.15, 0.2) is 53.6 Å². The van der Waals surface area contributed by atoms with E-state index in [-0.39, 0.29) is 22.8 Å². The molecule has 186 valence electrons. The predicted molar refractivity (Wildman–Crippen MR) is 137 cm³/mol. The number of carbonyl (C=O) groups is 1. The Morgan fingerprint density at radius 1 is 1.08 bits per heavy atom. The van der Waals surface area contributed by atoms with Crippen LogP contribution in [0.25, 0.3) is 11.1 Å². The van der Waals surface area contributed by atoms with Crippen molar-refractivity contribution in [3.8, 4) is 17.2 Å². The minimum Gasteiger partial charge on any atom is -0.388 e. The zero-order valence-corrected chi connectivity index (χ0v) is 21.2. The van der Waals surface area contributed by atoms with E-state index in [0.717, 1.165) is 11.8 Å². The highest BCUT2D eigenvalue weighted by molar-refractivity contribution is 7.99. The smallest absolute Gasteiger partial charge is 0.258 e. The first kappa shape index (κ1) is 26.4. The fraction of sp³-hybridized carbons (Fsp3) is 0.240. The van der Waals surface area contributed by atoms with Crippen LogP contribution in [0.2, 0.25) is 10.0 Å². The van der Waals surface area contributed by atoms with Crippen LogP contribution in [0.5, 0.6) is 0 Å². The molecular weight excluding hydrogens is 525 g/mol. The van der Waals surface area contributed by atoms with Crippen molar-refractivity contribution in [2.45, 2.75) is 35.7 Å². The lowest BCUT2D eigenvalue weighted by Crippen LogP contribution is -2.51. The molecule has 2 heterocycles. The second kappa shape index (κ2) is 11.2. The molecule has 0 saturated carbocycles. The van der Waals surface area contributed by atoms with E-state index in [2.05, 4.69) is 16.4 Å². The van der Waals surface area contributed by atoms with Gasteiger partial charge >= 0.3 is 0 Å². The normalized spacial score (nSPS) is 21.6. The Morgan fingerprint density at radius 2 is 1.69 bits per heavy atom. The molecule has 0 radical (unpaired) electrons. The van der Waals surface area contributed by atoms with Gasteiger partial charge in [0.05, 0.1) is 23.4 Å². The minimum atomic E-state index is -1.42. The van der Waals surface area contributed by atoms with Gasteiger partial charge in [0.25, 0.3) is 5.91 Å². The van der Waals surface area contributed by atoms with E-state index in [1.54, 1.807) is 55.5 Å². The Labute approximate surface area is 221 Å². The second-order valence-corrected chi connectivity index (χ2v) is 10.0. The lowest BCUT2D eigenvalue weighted by molar-refractivity contribution is -0.161. The van der Waals surface area contributed by atoms with Gasteiger partial charge in [-0.25, -0.2) is 4.98 Å². The highest BCUT2D eigenvalue weighted by Crippen LogP contribution is 2.39. The minimum absolute atomic E-state index is 0.0885. The first-order valence-corrected chi connectivity index (χ1v) is 12.4. The van der Waals surface area contributed by atoms with Crippen LogP contribution in [0.4, 0.5) is 5.69 Å². The maximum atomic E-state index is 13.4. The summed E-state index contributed by atoms with van der Waals surface area (Å²) in [6, 6.07) is 15.4. The molecule has 4 rings (SSSR count). The number of aliphatic hydroxyl groups excluding tert-OH is 3.